The fraction of sp³-hybridized carbons (Fsp3) is 0.444. The summed E-state index contributed by atoms with van der Waals surface area (Å²) in [5.74, 6) is 0.387. The van der Waals surface area contributed by atoms with Crippen LogP contribution in [-0.2, 0) is 10.2 Å². The molecule has 1 aliphatic heterocycles. The Hall–Kier alpha value is -2.10. The maximum atomic E-state index is 12.4. The van der Waals surface area contributed by atoms with Gasteiger partial charge in [0.1, 0.15) is 5.60 Å². The summed E-state index contributed by atoms with van der Waals surface area (Å²) in [4.78, 5) is 26.5. The van der Waals surface area contributed by atoms with Crippen molar-refractivity contribution in [3.8, 4) is 0 Å². The van der Waals surface area contributed by atoms with Gasteiger partial charge in [-0.3, -0.25) is 9.69 Å². The highest BCUT2D eigenvalue weighted by molar-refractivity contribution is 6.09. The molecule has 22 heavy (non-hydrogen) atoms. The lowest BCUT2D eigenvalue weighted by molar-refractivity contribution is 0.0322. The number of nitrogens with zero attached hydrogens (tertiary/aromatic N) is 1. The molecule has 1 saturated heterocycles. The van der Waals surface area contributed by atoms with E-state index in [1.807, 2.05) is 45.0 Å². The number of ether oxygens (including phenoxy) is 1. The van der Waals surface area contributed by atoms with Crippen molar-refractivity contribution in [1.29, 1.82) is 0 Å². The molecule has 1 saturated carbocycles. The van der Waals surface area contributed by atoms with Gasteiger partial charge < -0.3 is 4.74 Å². The standard InChI is InChI=1S/C18H19NO3/c1-17(2,3)22-16(21)19-10-11-9-18(11)13-7-5-4-6-12(13)14(20)8-15(18)19/h4-8,11H,9-10H2,1-3H3/t11-,18-/m1/s1. The maximum Gasteiger partial charge on any atom is 0.414 e. The second-order valence-corrected chi connectivity index (χ2v) is 7.40. The second kappa shape index (κ2) is 4.00. The molecule has 2 aliphatic carbocycles. The highest BCUT2D eigenvalue weighted by Crippen LogP contribution is 2.66. The average Bonchev–Trinajstić information content (AvgIpc) is 3.06. The molecule has 0 bridgehead atoms. The van der Waals surface area contributed by atoms with Gasteiger partial charge in [0.25, 0.3) is 0 Å². The van der Waals surface area contributed by atoms with Crippen LogP contribution in [-0.4, -0.2) is 28.9 Å². The van der Waals surface area contributed by atoms with Crippen molar-refractivity contribution in [2.24, 2.45) is 5.92 Å². The number of carbonyl (C=O) groups excluding carboxylic acids is 2. The van der Waals surface area contributed by atoms with Crippen LogP contribution in [0.5, 0.6) is 0 Å². The largest absolute Gasteiger partial charge is 0.443 e. The van der Waals surface area contributed by atoms with Gasteiger partial charge in [-0.2, -0.15) is 0 Å². The number of hydrogen-bond acceptors (Lipinski definition) is 3. The normalized spacial score (nSPS) is 28.5. The molecule has 3 aliphatic rings. The molecule has 4 heteroatoms. The van der Waals surface area contributed by atoms with Crippen LogP contribution >= 0.6 is 0 Å². The van der Waals surface area contributed by atoms with E-state index in [9.17, 15) is 9.59 Å². The van der Waals surface area contributed by atoms with Gasteiger partial charge in [0.15, 0.2) is 5.78 Å². The Balaban J connectivity index is 1.74. The number of fused-ring (bicyclic) bond motifs is 1. The molecule has 0 unspecified atom stereocenters. The molecule has 1 heterocycles. The Labute approximate surface area is 129 Å². The van der Waals surface area contributed by atoms with Crippen LogP contribution in [0.15, 0.2) is 36.0 Å². The predicted octanol–water partition coefficient (Wildman–Crippen LogP) is 3.28. The molecule has 0 radical (unpaired) electrons. The fourth-order valence-electron chi connectivity index (χ4n) is 3.88. The van der Waals surface area contributed by atoms with Crippen molar-refractivity contribution in [3.63, 3.8) is 0 Å². The first-order valence-electron chi connectivity index (χ1n) is 7.69. The molecule has 1 aromatic carbocycles. The van der Waals surface area contributed by atoms with Gasteiger partial charge in [-0.25, -0.2) is 4.79 Å². The third-order valence-electron chi connectivity index (χ3n) is 4.81. The number of hydrogen-bond donors (Lipinski definition) is 0. The van der Waals surface area contributed by atoms with Gasteiger partial charge >= 0.3 is 6.09 Å². The van der Waals surface area contributed by atoms with Crippen LogP contribution in [0.2, 0.25) is 0 Å². The zero-order chi connectivity index (χ0) is 15.7. The molecule has 2 fully saturated rings. The van der Waals surface area contributed by atoms with Crippen molar-refractivity contribution >= 4 is 11.9 Å². The lowest BCUT2D eigenvalue weighted by atomic mass is 9.81. The second-order valence-electron chi connectivity index (χ2n) is 7.40. The first-order valence-corrected chi connectivity index (χ1v) is 7.69. The number of likely N-dealkylation sites (tertiary alicyclic amines) is 1. The first-order chi connectivity index (χ1) is 10.3. The lowest BCUT2D eigenvalue weighted by Crippen LogP contribution is -2.37. The van der Waals surface area contributed by atoms with Gasteiger partial charge in [-0.05, 0) is 38.7 Å². The molecule has 4 nitrogen and oxygen atoms in total. The number of rotatable bonds is 0. The molecular weight excluding hydrogens is 278 g/mol. The van der Waals surface area contributed by atoms with Crippen molar-refractivity contribution in [1.82, 2.24) is 4.90 Å². The van der Waals surface area contributed by atoms with Crippen molar-refractivity contribution in [2.45, 2.75) is 38.2 Å². The Kier molecular flexibility index (Phi) is 2.47. The molecule has 0 N–H and O–H groups in total. The summed E-state index contributed by atoms with van der Waals surface area (Å²) in [5.41, 5.74) is 2.01. The summed E-state index contributed by atoms with van der Waals surface area (Å²) in [6.07, 6.45) is 2.30. The smallest absolute Gasteiger partial charge is 0.414 e. The van der Waals surface area contributed by atoms with Gasteiger partial charge in [-0.15, -0.1) is 0 Å². The third-order valence-corrected chi connectivity index (χ3v) is 4.81. The average molecular weight is 297 g/mol. The van der Waals surface area contributed by atoms with Crippen LogP contribution in [0, 0.1) is 5.92 Å². The molecule has 0 aromatic heterocycles. The number of amides is 1. The van der Waals surface area contributed by atoms with E-state index >= 15 is 0 Å². The van der Waals surface area contributed by atoms with Crippen LogP contribution in [0.4, 0.5) is 4.79 Å². The Bertz CT molecular complexity index is 728. The summed E-state index contributed by atoms with van der Waals surface area (Å²) in [5, 5.41) is 0. The summed E-state index contributed by atoms with van der Waals surface area (Å²) in [6, 6.07) is 7.77. The molecule has 4 rings (SSSR count). The number of benzene rings is 1. The number of carbonyl (C=O) groups is 2. The number of ketones is 1. The zero-order valence-electron chi connectivity index (χ0n) is 13.1. The minimum Gasteiger partial charge on any atom is -0.443 e. The molecule has 1 aromatic rings. The van der Waals surface area contributed by atoms with Gasteiger partial charge in [0.2, 0.25) is 0 Å². The highest BCUT2D eigenvalue weighted by Gasteiger charge is 2.67. The van der Waals surface area contributed by atoms with Crippen LogP contribution in [0.25, 0.3) is 0 Å². The van der Waals surface area contributed by atoms with E-state index in [0.717, 1.165) is 23.2 Å². The minimum atomic E-state index is -0.534. The van der Waals surface area contributed by atoms with E-state index < -0.39 is 5.60 Å². The maximum absolute atomic E-state index is 12.4. The quantitative estimate of drug-likeness (QED) is 0.738. The summed E-state index contributed by atoms with van der Waals surface area (Å²) < 4.78 is 5.49. The van der Waals surface area contributed by atoms with E-state index in [0.29, 0.717) is 12.5 Å². The SMILES string of the molecule is CC(C)(C)OC(=O)N1C[C@H]2C[C@@]23C1=CC(=O)c1ccccc13. The monoisotopic (exact) mass is 297 g/mol. The first kappa shape index (κ1) is 13.6. The minimum absolute atomic E-state index is 0.0164. The van der Waals surface area contributed by atoms with Crippen LogP contribution < -0.4 is 0 Å². The Morgan fingerprint density at radius 3 is 2.77 bits per heavy atom. The Morgan fingerprint density at radius 1 is 1.32 bits per heavy atom. The molecule has 2 atom stereocenters. The summed E-state index contributed by atoms with van der Waals surface area (Å²) in [6.45, 7) is 6.20. The van der Waals surface area contributed by atoms with E-state index in [-0.39, 0.29) is 17.3 Å². The van der Waals surface area contributed by atoms with Crippen molar-refractivity contribution in [2.75, 3.05) is 6.54 Å². The van der Waals surface area contributed by atoms with E-state index in [1.165, 1.54) is 0 Å². The fourth-order valence-corrected chi connectivity index (χ4v) is 3.88. The Morgan fingerprint density at radius 2 is 2.05 bits per heavy atom. The number of allylic oxidation sites excluding steroid dienone is 2. The molecule has 1 spiro atoms. The van der Waals surface area contributed by atoms with Gasteiger partial charge in [0, 0.05) is 29.3 Å². The third kappa shape index (κ3) is 1.70. The van der Waals surface area contributed by atoms with E-state index in [1.54, 1.807) is 11.0 Å². The van der Waals surface area contributed by atoms with Crippen LogP contribution in [0.3, 0.4) is 0 Å². The van der Waals surface area contributed by atoms with Gasteiger partial charge in [0.05, 0.1) is 0 Å². The predicted molar refractivity (Wildman–Crippen MR) is 81.6 cm³/mol. The summed E-state index contributed by atoms with van der Waals surface area (Å²) >= 11 is 0. The van der Waals surface area contributed by atoms with E-state index in [2.05, 4.69) is 0 Å². The topological polar surface area (TPSA) is 46.6 Å². The zero-order valence-corrected chi connectivity index (χ0v) is 13.1. The van der Waals surface area contributed by atoms with Crippen molar-refractivity contribution < 1.29 is 14.3 Å². The van der Waals surface area contributed by atoms with E-state index in [4.69, 9.17) is 4.74 Å². The lowest BCUT2D eigenvalue weighted by Gasteiger charge is -2.31. The van der Waals surface area contributed by atoms with Crippen molar-refractivity contribution in [3.05, 3.63) is 47.2 Å². The van der Waals surface area contributed by atoms with Gasteiger partial charge in [-0.1, -0.05) is 24.3 Å². The molecule has 114 valence electrons. The summed E-state index contributed by atoms with van der Waals surface area (Å²) in [7, 11) is 0. The number of piperidine rings is 1. The molecule has 1 amide bonds. The molecular formula is C18H19NO3. The highest BCUT2D eigenvalue weighted by atomic mass is 16.6. The van der Waals surface area contributed by atoms with Crippen LogP contribution in [0.1, 0.15) is 43.1 Å².